The second kappa shape index (κ2) is 5.90. The van der Waals surface area contributed by atoms with Crippen LogP contribution in [-0.4, -0.2) is 43.3 Å². The number of sulfonamides is 1. The lowest BCUT2D eigenvalue weighted by Gasteiger charge is -2.15. The van der Waals surface area contributed by atoms with E-state index < -0.39 is 16.0 Å². The largest absolute Gasteiger partial charge is 0.478 e. The number of carboxylic acid groups (broad SMARTS) is 1. The van der Waals surface area contributed by atoms with Gasteiger partial charge in [-0.1, -0.05) is 6.07 Å². The Morgan fingerprint density at radius 3 is 2.70 bits per heavy atom. The van der Waals surface area contributed by atoms with Crippen molar-refractivity contribution < 1.29 is 23.1 Å². The molecule has 0 atom stereocenters. The van der Waals surface area contributed by atoms with E-state index in [2.05, 4.69) is 0 Å². The Kier molecular flexibility index (Phi) is 4.42. The second-order valence-electron chi connectivity index (χ2n) is 4.72. The number of hydrogen-bond acceptors (Lipinski definition) is 4. The van der Waals surface area contributed by atoms with Crippen molar-refractivity contribution in [2.75, 3.05) is 19.5 Å². The number of fused-ring (bicyclic) bond motifs is 1. The van der Waals surface area contributed by atoms with Crippen LogP contribution in [0.1, 0.15) is 27.9 Å². The van der Waals surface area contributed by atoms with Crippen LogP contribution in [0, 0.1) is 0 Å². The van der Waals surface area contributed by atoms with Gasteiger partial charge in [-0.25, -0.2) is 13.2 Å². The highest BCUT2D eigenvalue weighted by molar-refractivity contribution is 7.89. The smallest absolute Gasteiger partial charge is 0.335 e. The van der Waals surface area contributed by atoms with Crippen molar-refractivity contribution in [2.24, 2.45) is 0 Å². The Morgan fingerprint density at radius 1 is 1.35 bits per heavy atom. The highest BCUT2D eigenvalue weighted by Gasteiger charge is 2.29. The molecular weight excluding hydrogens is 282 g/mol. The topological polar surface area (TPSA) is 83.9 Å². The van der Waals surface area contributed by atoms with Gasteiger partial charge in [-0.05, 0) is 29.7 Å². The van der Waals surface area contributed by atoms with E-state index in [-0.39, 0.29) is 17.9 Å². The van der Waals surface area contributed by atoms with Gasteiger partial charge in [0.2, 0.25) is 10.0 Å². The van der Waals surface area contributed by atoms with Crippen molar-refractivity contribution in [3.8, 4) is 0 Å². The van der Waals surface area contributed by atoms with Crippen molar-refractivity contribution in [2.45, 2.75) is 19.5 Å². The van der Waals surface area contributed by atoms with E-state index in [1.807, 2.05) is 0 Å². The van der Waals surface area contributed by atoms with Crippen LogP contribution in [0.5, 0.6) is 0 Å². The molecule has 1 heterocycles. The number of carbonyl (C=O) groups is 1. The summed E-state index contributed by atoms with van der Waals surface area (Å²) < 4.78 is 30.5. The van der Waals surface area contributed by atoms with Crippen LogP contribution in [0.15, 0.2) is 18.2 Å². The molecule has 1 aromatic carbocycles. The molecule has 0 aromatic heterocycles. The van der Waals surface area contributed by atoms with Crippen molar-refractivity contribution in [1.29, 1.82) is 0 Å². The summed E-state index contributed by atoms with van der Waals surface area (Å²) >= 11 is 0. The number of benzene rings is 1. The van der Waals surface area contributed by atoms with Crippen LogP contribution in [0.4, 0.5) is 0 Å². The van der Waals surface area contributed by atoms with Crippen LogP contribution in [0.3, 0.4) is 0 Å². The Hall–Kier alpha value is -1.44. The van der Waals surface area contributed by atoms with Gasteiger partial charge in [-0.2, -0.15) is 4.31 Å². The Balaban J connectivity index is 2.10. The van der Waals surface area contributed by atoms with Gasteiger partial charge in [0.25, 0.3) is 0 Å². The molecule has 1 N–H and O–H groups in total. The third-order valence-electron chi connectivity index (χ3n) is 3.29. The van der Waals surface area contributed by atoms with Crippen LogP contribution in [0.25, 0.3) is 0 Å². The highest BCUT2D eigenvalue weighted by atomic mass is 32.2. The Morgan fingerprint density at radius 2 is 2.05 bits per heavy atom. The van der Waals surface area contributed by atoms with Gasteiger partial charge < -0.3 is 9.84 Å². The van der Waals surface area contributed by atoms with Gasteiger partial charge in [0.1, 0.15) is 0 Å². The average molecular weight is 299 g/mol. The average Bonchev–Trinajstić information content (AvgIpc) is 2.82. The number of ether oxygens (including phenoxy) is 1. The SMILES string of the molecule is COCCCS(=O)(=O)N1Cc2ccc(C(=O)O)cc2C1. The molecule has 1 aliphatic rings. The van der Waals surface area contributed by atoms with Gasteiger partial charge in [0, 0.05) is 26.8 Å². The fourth-order valence-corrected chi connectivity index (χ4v) is 3.62. The molecular formula is C13H17NO5S. The van der Waals surface area contributed by atoms with Crippen molar-refractivity contribution in [1.82, 2.24) is 4.31 Å². The standard InChI is InChI=1S/C13H17NO5S/c1-19-5-2-6-20(17,18)14-8-11-4-3-10(13(15)16)7-12(11)9-14/h3-4,7H,2,5-6,8-9H2,1H3,(H,15,16). The van der Waals surface area contributed by atoms with Crippen LogP contribution in [-0.2, 0) is 27.8 Å². The summed E-state index contributed by atoms with van der Waals surface area (Å²) in [4.78, 5) is 10.9. The summed E-state index contributed by atoms with van der Waals surface area (Å²) in [6.45, 7) is 0.958. The van der Waals surface area contributed by atoms with Crippen LogP contribution < -0.4 is 0 Å². The zero-order chi connectivity index (χ0) is 14.8. The van der Waals surface area contributed by atoms with E-state index in [1.165, 1.54) is 17.5 Å². The molecule has 0 saturated heterocycles. The number of nitrogens with zero attached hydrogens (tertiary/aromatic N) is 1. The maximum Gasteiger partial charge on any atom is 0.335 e. The molecule has 0 amide bonds. The lowest BCUT2D eigenvalue weighted by Crippen LogP contribution is -2.28. The monoisotopic (exact) mass is 299 g/mol. The molecule has 20 heavy (non-hydrogen) atoms. The minimum Gasteiger partial charge on any atom is -0.478 e. The van der Waals surface area contributed by atoms with Crippen molar-refractivity contribution in [3.63, 3.8) is 0 Å². The summed E-state index contributed by atoms with van der Waals surface area (Å²) in [6.07, 6.45) is 0.450. The third-order valence-corrected chi connectivity index (χ3v) is 5.14. The molecule has 0 aliphatic carbocycles. The second-order valence-corrected chi connectivity index (χ2v) is 6.81. The molecule has 0 spiro atoms. The molecule has 110 valence electrons. The molecule has 6 nitrogen and oxygen atoms in total. The summed E-state index contributed by atoms with van der Waals surface area (Å²) in [7, 11) is -1.79. The fraction of sp³-hybridized carbons (Fsp3) is 0.462. The molecule has 2 rings (SSSR count). The molecule has 7 heteroatoms. The van der Waals surface area contributed by atoms with Crippen molar-refractivity contribution >= 4 is 16.0 Å². The third kappa shape index (κ3) is 3.17. The first kappa shape index (κ1) is 15.0. The molecule has 0 fully saturated rings. The minimum absolute atomic E-state index is 0.0423. The molecule has 1 aromatic rings. The first-order chi connectivity index (χ1) is 9.44. The molecule has 0 unspecified atom stereocenters. The van der Waals surface area contributed by atoms with E-state index in [4.69, 9.17) is 9.84 Å². The fourth-order valence-electron chi connectivity index (χ4n) is 2.21. The summed E-state index contributed by atoms with van der Waals surface area (Å²) in [5.41, 5.74) is 1.81. The predicted octanol–water partition coefficient (Wildman–Crippen LogP) is 1.07. The number of rotatable bonds is 6. The summed E-state index contributed by atoms with van der Waals surface area (Å²) in [5, 5.41) is 8.94. The van der Waals surface area contributed by atoms with Crippen LogP contribution in [0.2, 0.25) is 0 Å². The van der Waals surface area contributed by atoms with Gasteiger partial charge in [0.15, 0.2) is 0 Å². The van der Waals surface area contributed by atoms with Gasteiger partial charge >= 0.3 is 5.97 Å². The highest BCUT2D eigenvalue weighted by Crippen LogP contribution is 2.26. The zero-order valence-electron chi connectivity index (χ0n) is 11.2. The first-order valence-corrected chi connectivity index (χ1v) is 7.87. The van der Waals surface area contributed by atoms with E-state index >= 15 is 0 Å². The zero-order valence-corrected chi connectivity index (χ0v) is 12.0. The van der Waals surface area contributed by atoms with E-state index in [0.29, 0.717) is 19.6 Å². The Labute approximate surface area is 118 Å². The van der Waals surface area contributed by atoms with E-state index in [9.17, 15) is 13.2 Å². The Bertz CT molecular complexity index is 611. The normalized spacial score (nSPS) is 15.2. The molecule has 0 saturated carbocycles. The first-order valence-electron chi connectivity index (χ1n) is 6.26. The molecule has 1 aliphatic heterocycles. The maximum atomic E-state index is 12.1. The quantitative estimate of drug-likeness (QED) is 0.794. The minimum atomic E-state index is -3.33. The number of methoxy groups -OCH3 is 1. The predicted molar refractivity (Wildman–Crippen MR) is 72.9 cm³/mol. The number of hydrogen-bond donors (Lipinski definition) is 1. The van der Waals surface area contributed by atoms with Gasteiger partial charge in [0.05, 0.1) is 11.3 Å². The molecule has 0 bridgehead atoms. The van der Waals surface area contributed by atoms with Crippen LogP contribution >= 0.6 is 0 Å². The van der Waals surface area contributed by atoms with E-state index in [0.717, 1.165) is 11.1 Å². The number of aromatic carboxylic acids is 1. The van der Waals surface area contributed by atoms with Gasteiger partial charge in [-0.3, -0.25) is 0 Å². The lowest BCUT2D eigenvalue weighted by molar-refractivity contribution is 0.0696. The lowest BCUT2D eigenvalue weighted by atomic mass is 10.1. The molecule has 0 radical (unpaired) electrons. The summed E-state index contributed by atoms with van der Waals surface area (Å²) in [6, 6.07) is 4.73. The van der Waals surface area contributed by atoms with Gasteiger partial charge in [-0.15, -0.1) is 0 Å². The van der Waals surface area contributed by atoms with Crippen molar-refractivity contribution in [3.05, 3.63) is 34.9 Å². The van der Waals surface area contributed by atoms with E-state index in [1.54, 1.807) is 12.1 Å². The summed E-state index contributed by atoms with van der Waals surface area (Å²) in [5.74, 6) is -0.963. The maximum absolute atomic E-state index is 12.1. The number of carboxylic acids is 1.